The average Bonchev–Trinajstić information content (AvgIpc) is 2.44. The van der Waals surface area contributed by atoms with Crippen molar-refractivity contribution in [2.75, 3.05) is 26.2 Å². The molecule has 0 aromatic heterocycles. The number of nitrogens with zero attached hydrogens (tertiary/aromatic N) is 1. The molecule has 4 nitrogen and oxygen atoms in total. The number of nitrogens with one attached hydrogen (secondary N) is 2. The largest absolute Gasteiger partial charge is 0.492 e. The summed E-state index contributed by atoms with van der Waals surface area (Å²) >= 11 is 0. The summed E-state index contributed by atoms with van der Waals surface area (Å²) in [7, 11) is 0. The lowest BCUT2D eigenvalue weighted by Gasteiger charge is -2.16. The number of alkyl halides is 3. The second kappa shape index (κ2) is 6.49. The van der Waals surface area contributed by atoms with Gasteiger partial charge in [0.2, 0.25) is 0 Å². The topological polar surface area (TPSA) is 45.6 Å². The fraction of sp³-hybridized carbons (Fsp3) is 0.462. The first-order valence-corrected chi connectivity index (χ1v) is 6.38. The molecule has 0 atom stereocenters. The molecule has 7 heteroatoms. The van der Waals surface area contributed by atoms with Gasteiger partial charge >= 0.3 is 6.18 Å². The van der Waals surface area contributed by atoms with E-state index in [0.717, 1.165) is 31.6 Å². The van der Waals surface area contributed by atoms with Gasteiger partial charge in [0.15, 0.2) is 5.96 Å². The molecule has 1 aromatic carbocycles. The molecule has 110 valence electrons. The van der Waals surface area contributed by atoms with Gasteiger partial charge in [-0.2, -0.15) is 13.2 Å². The van der Waals surface area contributed by atoms with Gasteiger partial charge in [-0.1, -0.05) is 6.07 Å². The van der Waals surface area contributed by atoms with Crippen molar-refractivity contribution >= 4 is 5.96 Å². The summed E-state index contributed by atoms with van der Waals surface area (Å²) in [5.74, 6) is 0.920. The van der Waals surface area contributed by atoms with Crippen molar-refractivity contribution in [3.8, 4) is 5.75 Å². The van der Waals surface area contributed by atoms with Gasteiger partial charge in [0.25, 0.3) is 0 Å². The number of benzene rings is 1. The molecule has 2 N–H and O–H groups in total. The van der Waals surface area contributed by atoms with Crippen molar-refractivity contribution in [2.45, 2.75) is 12.6 Å². The summed E-state index contributed by atoms with van der Waals surface area (Å²) in [4.78, 5) is 4.21. The Morgan fingerprint density at radius 3 is 2.90 bits per heavy atom. The van der Waals surface area contributed by atoms with Crippen molar-refractivity contribution in [3.05, 3.63) is 29.8 Å². The average molecular weight is 287 g/mol. The van der Waals surface area contributed by atoms with Crippen LogP contribution >= 0.6 is 0 Å². The van der Waals surface area contributed by atoms with Crippen LogP contribution < -0.4 is 15.4 Å². The first kappa shape index (κ1) is 14.5. The lowest BCUT2D eigenvalue weighted by molar-refractivity contribution is -0.137. The molecule has 0 saturated heterocycles. The van der Waals surface area contributed by atoms with Gasteiger partial charge in [-0.3, -0.25) is 4.99 Å². The van der Waals surface area contributed by atoms with Gasteiger partial charge in [-0.05, 0) is 24.6 Å². The van der Waals surface area contributed by atoms with Crippen LogP contribution in [0.1, 0.15) is 12.0 Å². The summed E-state index contributed by atoms with van der Waals surface area (Å²) in [6.07, 6.45) is -3.34. The van der Waals surface area contributed by atoms with Crippen LogP contribution in [0.4, 0.5) is 13.2 Å². The van der Waals surface area contributed by atoms with Crippen molar-refractivity contribution < 1.29 is 17.9 Å². The van der Waals surface area contributed by atoms with Crippen molar-refractivity contribution in [3.63, 3.8) is 0 Å². The Bertz CT molecular complexity index is 474. The summed E-state index contributed by atoms with van der Waals surface area (Å²) in [6.45, 7) is 2.40. The van der Waals surface area contributed by atoms with Crippen LogP contribution in [0.25, 0.3) is 0 Å². The van der Waals surface area contributed by atoms with E-state index in [-0.39, 0.29) is 12.4 Å². The van der Waals surface area contributed by atoms with Crippen LogP contribution in [0.2, 0.25) is 0 Å². The molecular weight excluding hydrogens is 271 g/mol. The lowest BCUT2D eigenvalue weighted by Crippen LogP contribution is -2.42. The molecule has 0 saturated carbocycles. The van der Waals surface area contributed by atoms with Crippen LogP contribution in [0.3, 0.4) is 0 Å². The lowest BCUT2D eigenvalue weighted by atomic mass is 10.2. The molecule has 1 aromatic rings. The Morgan fingerprint density at radius 1 is 1.35 bits per heavy atom. The summed E-state index contributed by atoms with van der Waals surface area (Å²) < 4.78 is 42.8. The predicted molar refractivity (Wildman–Crippen MR) is 69.9 cm³/mol. The summed E-state index contributed by atoms with van der Waals surface area (Å²) in [5.41, 5.74) is -0.707. The number of aliphatic imine (C=N–C) groups is 1. The third kappa shape index (κ3) is 4.32. The number of guanidine groups is 1. The Labute approximate surface area is 115 Å². The molecule has 0 amide bonds. The zero-order valence-electron chi connectivity index (χ0n) is 10.8. The highest BCUT2D eigenvalue weighted by Gasteiger charge is 2.30. The quantitative estimate of drug-likeness (QED) is 0.833. The normalized spacial score (nSPS) is 15.2. The smallest absolute Gasteiger partial charge is 0.416 e. The molecule has 0 unspecified atom stereocenters. The van der Waals surface area contributed by atoms with Crippen LogP contribution in [-0.2, 0) is 6.18 Å². The molecule has 1 aliphatic heterocycles. The molecule has 2 rings (SSSR count). The Hall–Kier alpha value is -1.92. The fourth-order valence-electron chi connectivity index (χ4n) is 1.75. The van der Waals surface area contributed by atoms with E-state index in [2.05, 4.69) is 15.6 Å². The van der Waals surface area contributed by atoms with Crippen LogP contribution in [0.15, 0.2) is 29.3 Å². The van der Waals surface area contributed by atoms with Crippen molar-refractivity contribution in [2.24, 2.45) is 4.99 Å². The van der Waals surface area contributed by atoms with Gasteiger partial charge in [0, 0.05) is 13.1 Å². The van der Waals surface area contributed by atoms with E-state index in [9.17, 15) is 13.2 Å². The van der Waals surface area contributed by atoms with Crippen LogP contribution in [-0.4, -0.2) is 32.2 Å². The van der Waals surface area contributed by atoms with Gasteiger partial charge < -0.3 is 15.4 Å². The number of hydrogen-bond acceptors (Lipinski definition) is 4. The van der Waals surface area contributed by atoms with Gasteiger partial charge in [0.05, 0.1) is 12.1 Å². The van der Waals surface area contributed by atoms with E-state index >= 15 is 0 Å². The minimum absolute atomic E-state index is 0.208. The molecular formula is C13H16F3N3O. The molecule has 1 heterocycles. The molecule has 0 bridgehead atoms. The maximum Gasteiger partial charge on any atom is 0.416 e. The minimum atomic E-state index is -4.35. The van der Waals surface area contributed by atoms with Crippen molar-refractivity contribution in [1.82, 2.24) is 10.6 Å². The maximum atomic E-state index is 12.5. The highest BCUT2D eigenvalue weighted by atomic mass is 19.4. The second-order valence-electron chi connectivity index (χ2n) is 4.31. The van der Waals surface area contributed by atoms with Gasteiger partial charge in [-0.15, -0.1) is 0 Å². The minimum Gasteiger partial charge on any atom is -0.492 e. The molecule has 0 aliphatic carbocycles. The van der Waals surface area contributed by atoms with E-state index in [1.807, 2.05) is 0 Å². The second-order valence-corrected chi connectivity index (χ2v) is 4.31. The van der Waals surface area contributed by atoms with E-state index in [1.165, 1.54) is 12.1 Å². The maximum absolute atomic E-state index is 12.5. The molecule has 0 spiro atoms. The van der Waals surface area contributed by atoms with Gasteiger partial charge in [-0.25, -0.2) is 0 Å². The van der Waals surface area contributed by atoms with E-state index in [0.29, 0.717) is 12.5 Å². The summed E-state index contributed by atoms with van der Waals surface area (Å²) in [5, 5.41) is 6.11. The molecule has 0 fully saturated rings. The third-order valence-electron chi connectivity index (χ3n) is 2.72. The Kier molecular flexibility index (Phi) is 4.70. The highest BCUT2D eigenvalue weighted by Crippen LogP contribution is 2.31. The number of rotatable bonds is 4. The van der Waals surface area contributed by atoms with E-state index < -0.39 is 11.7 Å². The standard InChI is InChI=1S/C13H16F3N3O/c14-13(15,16)10-3-1-4-11(9-10)20-8-7-19-12-17-5-2-6-18-12/h1,3-4,9H,2,5-8H2,(H2,17,18,19). The predicted octanol–water partition coefficient (Wildman–Crippen LogP) is 2.02. The van der Waals surface area contributed by atoms with Crippen molar-refractivity contribution in [1.29, 1.82) is 0 Å². The number of ether oxygens (including phenoxy) is 1. The van der Waals surface area contributed by atoms with E-state index in [4.69, 9.17) is 4.74 Å². The first-order chi connectivity index (χ1) is 9.55. The van der Waals surface area contributed by atoms with Gasteiger partial charge in [0.1, 0.15) is 12.4 Å². The zero-order chi connectivity index (χ0) is 14.4. The third-order valence-corrected chi connectivity index (χ3v) is 2.72. The monoisotopic (exact) mass is 287 g/mol. The number of hydrogen-bond donors (Lipinski definition) is 2. The Morgan fingerprint density at radius 2 is 2.20 bits per heavy atom. The van der Waals surface area contributed by atoms with E-state index in [1.54, 1.807) is 0 Å². The fourth-order valence-corrected chi connectivity index (χ4v) is 1.75. The molecule has 1 aliphatic rings. The highest BCUT2D eigenvalue weighted by molar-refractivity contribution is 5.80. The number of halogens is 3. The zero-order valence-corrected chi connectivity index (χ0v) is 10.8. The molecule has 0 radical (unpaired) electrons. The SMILES string of the molecule is FC(F)(F)c1cccc(OCCNC2=NCCCN2)c1. The Balaban J connectivity index is 1.78. The van der Waals surface area contributed by atoms with Crippen LogP contribution in [0, 0.1) is 0 Å². The first-order valence-electron chi connectivity index (χ1n) is 6.38. The summed E-state index contributed by atoms with van der Waals surface area (Å²) in [6, 6.07) is 4.85. The van der Waals surface area contributed by atoms with Crippen LogP contribution in [0.5, 0.6) is 5.75 Å². The molecule has 20 heavy (non-hydrogen) atoms.